The second-order valence-corrected chi connectivity index (χ2v) is 6.23. The molecule has 24 heavy (non-hydrogen) atoms. The van der Waals surface area contributed by atoms with E-state index in [1.807, 2.05) is 35.8 Å². The average molecular weight is 341 g/mol. The number of nitrogens with zero attached hydrogens (tertiary/aromatic N) is 3. The molecule has 3 rings (SSSR count). The fourth-order valence-corrected chi connectivity index (χ4v) is 3.40. The van der Waals surface area contributed by atoms with Crippen molar-refractivity contribution in [2.24, 2.45) is 0 Å². The minimum Gasteiger partial charge on any atom is -0.319 e. The van der Waals surface area contributed by atoms with E-state index in [0.717, 1.165) is 34.9 Å². The van der Waals surface area contributed by atoms with E-state index in [4.69, 9.17) is 0 Å². The Morgan fingerprint density at radius 3 is 2.58 bits per heavy atom. The molecule has 0 saturated heterocycles. The number of para-hydroxylation sites is 2. The van der Waals surface area contributed by atoms with E-state index in [1.54, 1.807) is 12.1 Å². The lowest BCUT2D eigenvalue weighted by atomic mass is 10.1. The number of benzene rings is 2. The van der Waals surface area contributed by atoms with Crippen LogP contribution in [0.1, 0.15) is 12.5 Å². The molecule has 7 heteroatoms. The summed E-state index contributed by atoms with van der Waals surface area (Å²) in [6.45, 7) is 2.74. The molecule has 0 radical (unpaired) electrons. The number of nitro groups is 1. The zero-order valence-electron chi connectivity index (χ0n) is 13.0. The number of carbonyl (C=O) groups excluding carboxylic acids is 1. The Bertz CT molecular complexity index is 903. The number of nitro benzene ring substituents is 1. The highest BCUT2D eigenvalue weighted by Gasteiger charge is 2.15. The number of rotatable bonds is 5. The minimum absolute atomic E-state index is 0.0200. The predicted molar refractivity (Wildman–Crippen MR) is 93.1 cm³/mol. The van der Waals surface area contributed by atoms with Gasteiger partial charge in [0.25, 0.3) is 5.69 Å². The third-order valence-electron chi connectivity index (χ3n) is 3.64. The third-order valence-corrected chi connectivity index (χ3v) is 4.50. The van der Waals surface area contributed by atoms with Crippen molar-refractivity contribution in [1.82, 2.24) is 9.55 Å². The Kier molecular flexibility index (Phi) is 4.61. The molecule has 0 aliphatic carbocycles. The standard InChI is InChI=1S/C17H15N3O3S/c1-2-19-15-6-4-3-5-14(15)18-17(19)24-16(21)11-12-7-9-13(10-8-12)20(22)23/h3-10H,2,11H2,1H3. The summed E-state index contributed by atoms with van der Waals surface area (Å²) < 4.78 is 2.01. The molecule has 0 unspecified atom stereocenters. The van der Waals surface area contributed by atoms with Gasteiger partial charge < -0.3 is 4.57 Å². The number of carbonyl (C=O) groups is 1. The van der Waals surface area contributed by atoms with Crippen molar-refractivity contribution in [3.8, 4) is 0 Å². The maximum Gasteiger partial charge on any atom is 0.269 e. The number of aromatic nitrogens is 2. The molecule has 3 aromatic rings. The van der Waals surface area contributed by atoms with Crippen LogP contribution in [0.3, 0.4) is 0 Å². The first-order chi connectivity index (χ1) is 11.6. The number of hydrogen-bond acceptors (Lipinski definition) is 5. The number of fused-ring (bicyclic) bond motifs is 1. The van der Waals surface area contributed by atoms with Crippen molar-refractivity contribution in [2.45, 2.75) is 25.0 Å². The molecule has 1 aromatic heterocycles. The highest BCUT2D eigenvalue weighted by atomic mass is 32.2. The number of non-ortho nitro benzene ring substituents is 1. The molecule has 2 aromatic carbocycles. The Morgan fingerprint density at radius 1 is 1.21 bits per heavy atom. The summed E-state index contributed by atoms with van der Waals surface area (Å²) in [6, 6.07) is 13.8. The Balaban J connectivity index is 1.76. The first kappa shape index (κ1) is 16.2. The quantitative estimate of drug-likeness (QED) is 0.400. The van der Waals surface area contributed by atoms with Crippen LogP contribution in [0.25, 0.3) is 11.0 Å². The van der Waals surface area contributed by atoms with E-state index < -0.39 is 4.92 Å². The first-order valence-corrected chi connectivity index (χ1v) is 8.29. The van der Waals surface area contributed by atoms with E-state index in [-0.39, 0.29) is 17.2 Å². The summed E-state index contributed by atoms with van der Waals surface area (Å²) in [5.74, 6) is 0. The Labute approximate surface area is 142 Å². The van der Waals surface area contributed by atoms with Crippen molar-refractivity contribution in [1.29, 1.82) is 0 Å². The van der Waals surface area contributed by atoms with Crippen LogP contribution in [0.2, 0.25) is 0 Å². The summed E-state index contributed by atoms with van der Waals surface area (Å²) >= 11 is 1.10. The number of imidazole rings is 1. The van der Waals surface area contributed by atoms with Gasteiger partial charge in [-0.3, -0.25) is 14.9 Å². The van der Waals surface area contributed by atoms with E-state index in [0.29, 0.717) is 5.16 Å². The largest absolute Gasteiger partial charge is 0.319 e. The summed E-state index contributed by atoms with van der Waals surface area (Å²) in [7, 11) is 0. The number of aryl methyl sites for hydroxylation is 1. The first-order valence-electron chi connectivity index (χ1n) is 7.47. The van der Waals surface area contributed by atoms with Crippen LogP contribution in [0.4, 0.5) is 5.69 Å². The molecule has 122 valence electrons. The molecule has 0 aliphatic rings. The molecular formula is C17H15N3O3S. The van der Waals surface area contributed by atoms with Gasteiger partial charge in [0, 0.05) is 25.1 Å². The van der Waals surface area contributed by atoms with Crippen LogP contribution in [-0.4, -0.2) is 19.6 Å². The fourth-order valence-electron chi connectivity index (χ4n) is 2.48. The van der Waals surface area contributed by atoms with E-state index in [2.05, 4.69) is 4.98 Å². The van der Waals surface area contributed by atoms with Gasteiger partial charge >= 0.3 is 0 Å². The van der Waals surface area contributed by atoms with Crippen LogP contribution >= 0.6 is 11.8 Å². The van der Waals surface area contributed by atoms with Crippen molar-refractivity contribution in [2.75, 3.05) is 0 Å². The smallest absolute Gasteiger partial charge is 0.269 e. The lowest BCUT2D eigenvalue weighted by Crippen LogP contribution is -2.02. The zero-order valence-corrected chi connectivity index (χ0v) is 13.8. The molecule has 0 saturated carbocycles. The SMILES string of the molecule is CCn1c(SC(=O)Cc2ccc([N+](=O)[O-])cc2)nc2ccccc21. The van der Waals surface area contributed by atoms with Crippen molar-refractivity contribution in [3.05, 3.63) is 64.2 Å². The molecular weight excluding hydrogens is 326 g/mol. The second kappa shape index (κ2) is 6.84. The Morgan fingerprint density at radius 2 is 1.92 bits per heavy atom. The van der Waals surface area contributed by atoms with Crippen LogP contribution in [0.15, 0.2) is 53.7 Å². The van der Waals surface area contributed by atoms with Crippen LogP contribution in [0, 0.1) is 10.1 Å². The lowest BCUT2D eigenvalue weighted by molar-refractivity contribution is -0.384. The van der Waals surface area contributed by atoms with Gasteiger partial charge in [0.15, 0.2) is 5.16 Å². The molecule has 0 amide bonds. The summed E-state index contributed by atoms with van der Waals surface area (Å²) in [4.78, 5) is 27.0. The van der Waals surface area contributed by atoms with Crippen molar-refractivity contribution in [3.63, 3.8) is 0 Å². The molecule has 0 N–H and O–H groups in total. The monoisotopic (exact) mass is 341 g/mol. The minimum atomic E-state index is -0.454. The van der Waals surface area contributed by atoms with Gasteiger partial charge in [-0.1, -0.05) is 24.3 Å². The zero-order chi connectivity index (χ0) is 17.1. The van der Waals surface area contributed by atoms with Gasteiger partial charge in [-0.2, -0.15) is 0 Å². The van der Waals surface area contributed by atoms with Gasteiger partial charge in [-0.05, 0) is 36.4 Å². The normalized spacial score (nSPS) is 10.9. The van der Waals surface area contributed by atoms with E-state index in [1.165, 1.54) is 12.1 Å². The maximum absolute atomic E-state index is 12.3. The molecule has 1 heterocycles. The molecule has 0 spiro atoms. The van der Waals surface area contributed by atoms with E-state index in [9.17, 15) is 14.9 Å². The van der Waals surface area contributed by atoms with Crippen LogP contribution in [-0.2, 0) is 17.8 Å². The summed E-state index contributed by atoms with van der Waals surface area (Å²) in [5, 5.41) is 11.3. The summed E-state index contributed by atoms with van der Waals surface area (Å²) in [5.41, 5.74) is 2.64. The van der Waals surface area contributed by atoms with Gasteiger partial charge in [-0.25, -0.2) is 4.98 Å². The van der Waals surface area contributed by atoms with Gasteiger partial charge in [0.2, 0.25) is 5.12 Å². The highest BCUT2D eigenvalue weighted by molar-refractivity contribution is 8.13. The predicted octanol–water partition coefficient (Wildman–Crippen LogP) is 3.83. The Hall–Kier alpha value is -2.67. The number of thioether (sulfide) groups is 1. The molecule has 0 bridgehead atoms. The average Bonchev–Trinajstić information content (AvgIpc) is 2.92. The van der Waals surface area contributed by atoms with Crippen LogP contribution < -0.4 is 0 Å². The molecule has 0 aliphatic heterocycles. The highest BCUT2D eigenvalue weighted by Crippen LogP contribution is 2.25. The molecule has 0 fully saturated rings. The van der Waals surface area contributed by atoms with Crippen molar-refractivity contribution < 1.29 is 9.72 Å². The third kappa shape index (κ3) is 3.30. The fraction of sp³-hybridized carbons (Fsp3) is 0.176. The molecule has 6 nitrogen and oxygen atoms in total. The maximum atomic E-state index is 12.3. The van der Waals surface area contributed by atoms with Crippen LogP contribution in [0.5, 0.6) is 0 Å². The topological polar surface area (TPSA) is 78.0 Å². The van der Waals surface area contributed by atoms with Gasteiger partial charge in [-0.15, -0.1) is 0 Å². The number of hydrogen-bond donors (Lipinski definition) is 0. The van der Waals surface area contributed by atoms with Gasteiger partial charge in [0.05, 0.1) is 16.0 Å². The second-order valence-electron chi connectivity index (χ2n) is 5.20. The van der Waals surface area contributed by atoms with Crippen molar-refractivity contribution >= 4 is 33.6 Å². The lowest BCUT2D eigenvalue weighted by Gasteiger charge is -2.05. The molecule has 0 atom stereocenters. The van der Waals surface area contributed by atoms with E-state index >= 15 is 0 Å². The summed E-state index contributed by atoms with van der Waals surface area (Å²) in [6.07, 6.45) is 0.204. The van der Waals surface area contributed by atoms with Gasteiger partial charge in [0.1, 0.15) is 0 Å².